The minimum atomic E-state index is -3.91. The van der Waals surface area contributed by atoms with Crippen LogP contribution in [0.5, 0.6) is 5.75 Å². The molecule has 0 unspecified atom stereocenters. The zero-order valence-corrected chi connectivity index (χ0v) is 18.4. The van der Waals surface area contributed by atoms with Crippen molar-refractivity contribution in [3.05, 3.63) is 53.1 Å². The van der Waals surface area contributed by atoms with Crippen LogP contribution in [0.25, 0.3) is 0 Å². The van der Waals surface area contributed by atoms with Gasteiger partial charge in [0, 0.05) is 11.1 Å². The third kappa shape index (κ3) is 4.51. The Balaban J connectivity index is 1.99. The number of sulfonamides is 1. The van der Waals surface area contributed by atoms with Crippen molar-refractivity contribution < 1.29 is 17.9 Å². The van der Waals surface area contributed by atoms with Gasteiger partial charge in [-0.1, -0.05) is 43.1 Å². The van der Waals surface area contributed by atoms with Gasteiger partial charge in [0.25, 0.3) is 15.9 Å². The number of nitrogens with one attached hydrogen (secondary N) is 1. The van der Waals surface area contributed by atoms with Gasteiger partial charge in [-0.25, -0.2) is 8.42 Å². The molecular formula is C21H25ClN2O4S. The summed E-state index contributed by atoms with van der Waals surface area (Å²) in [6, 6.07) is 11.2. The van der Waals surface area contributed by atoms with Crippen LogP contribution in [0.4, 0.5) is 5.69 Å². The summed E-state index contributed by atoms with van der Waals surface area (Å²) in [6.45, 7) is 7.65. The maximum Gasteiger partial charge on any atom is 0.264 e. The van der Waals surface area contributed by atoms with E-state index >= 15 is 0 Å². The highest BCUT2D eigenvalue weighted by Gasteiger charge is 2.38. The Bertz CT molecular complexity index is 1010. The van der Waals surface area contributed by atoms with Gasteiger partial charge in [-0.15, -0.1) is 0 Å². The number of hydrogen-bond donors (Lipinski definition) is 1. The van der Waals surface area contributed by atoms with Gasteiger partial charge in [-0.2, -0.15) is 0 Å². The lowest BCUT2D eigenvalue weighted by Crippen LogP contribution is -2.52. The van der Waals surface area contributed by atoms with E-state index in [0.717, 1.165) is 5.56 Å². The zero-order chi connectivity index (χ0) is 21.3. The normalized spacial score (nSPS) is 17.4. The Morgan fingerprint density at radius 3 is 2.45 bits per heavy atom. The Hall–Kier alpha value is -2.25. The maximum absolute atomic E-state index is 13.4. The summed E-state index contributed by atoms with van der Waals surface area (Å²) in [5.74, 6) is 0.186. The summed E-state index contributed by atoms with van der Waals surface area (Å²) in [5.41, 5.74) is 1.27. The van der Waals surface area contributed by atoms with Crippen LogP contribution in [-0.2, 0) is 14.8 Å². The molecule has 0 bridgehead atoms. The smallest absolute Gasteiger partial charge is 0.264 e. The van der Waals surface area contributed by atoms with Crippen molar-refractivity contribution in [3.63, 3.8) is 0 Å². The molecule has 0 fully saturated rings. The summed E-state index contributed by atoms with van der Waals surface area (Å²) in [7, 11) is -3.91. The van der Waals surface area contributed by atoms with Gasteiger partial charge in [0.05, 0.1) is 17.1 Å². The summed E-state index contributed by atoms with van der Waals surface area (Å²) in [5, 5.41) is 3.28. The number of anilines is 1. The highest BCUT2D eigenvalue weighted by atomic mass is 35.5. The predicted molar refractivity (Wildman–Crippen MR) is 114 cm³/mol. The molecule has 3 rings (SSSR count). The minimum Gasteiger partial charge on any atom is -0.476 e. The highest BCUT2D eigenvalue weighted by molar-refractivity contribution is 7.92. The lowest BCUT2D eigenvalue weighted by Gasteiger charge is -2.35. The molecule has 0 radical (unpaired) electrons. The second kappa shape index (κ2) is 8.24. The predicted octanol–water partition coefficient (Wildman–Crippen LogP) is 3.77. The molecule has 1 amide bonds. The maximum atomic E-state index is 13.4. The molecule has 2 aromatic carbocycles. The number of carbonyl (C=O) groups is 1. The van der Waals surface area contributed by atoms with Gasteiger partial charge in [-0.3, -0.25) is 9.10 Å². The first-order valence-electron chi connectivity index (χ1n) is 9.45. The van der Waals surface area contributed by atoms with Crippen LogP contribution in [0.1, 0.15) is 26.3 Å². The van der Waals surface area contributed by atoms with Crippen molar-refractivity contribution in [2.24, 2.45) is 5.92 Å². The van der Waals surface area contributed by atoms with Gasteiger partial charge in [0.2, 0.25) is 0 Å². The highest BCUT2D eigenvalue weighted by Crippen LogP contribution is 2.38. The lowest BCUT2D eigenvalue weighted by molar-refractivity contribution is -0.128. The second-order valence-electron chi connectivity index (χ2n) is 7.61. The molecule has 29 heavy (non-hydrogen) atoms. The zero-order valence-electron chi connectivity index (χ0n) is 16.8. The number of ether oxygens (including phenoxy) is 1. The molecule has 0 saturated heterocycles. The minimum absolute atomic E-state index is 0.0696. The number of rotatable bonds is 5. The van der Waals surface area contributed by atoms with Gasteiger partial charge >= 0.3 is 0 Å². The summed E-state index contributed by atoms with van der Waals surface area (Å²) in [6.07, 6.45) is -0.968. The van der Waals surface area contributed by atoms with Crippen LogP contribution in [0.15, 0.2) is 47.4 Å². The molecular weight excluding hydrogens is 412 g/mol. The van der Waals surface area contributed by atoms with Gasteiger partial charge in [0.15, 0.2) is 6.10 Å². The largest absolute Gasteiger partial charge is 0.476 e. The molecule has 156 valence electrons. The molecule has 0 aliphatic carbocycles. The molecule has 2 aromatic rings. The van der Waals surface area contributed by atoms with E-state index in [0.29, 0.717) is 16.5 Å². The standard InChI is InChI=1S/C21H25ClN2O4S/c1-13(2)15(4)23-21(25)20-12-24(18-11-16(22)7-10-19(18)28-20)29(26,27)17-8-5-14(3)6-9-17/h5-11,13,15,20H,12H2,1-4H3,(H,23,25)/t15-,20+/m1/s1. The average Bonchev–Trinajstić information content (AvgIpc) is 2.67. The van der Waals surface area contributed by atoms with Crippen LogP contribution >= 0.6 is 11.6 Å². The number of halogens is 1. The van der Waals surface area contributed by atoms with E-state index < -0.39 is 16.1 Å². The molecule has 2 atom stereocenters. The van der Waals surface area contributed by atoms with E-state index in [4.69, 9.17) is 16.3 Å². The molecule has 0 spiro atoms. The van der Waals surface area contributed by atoms with Crippen LogP contribution < -0.4 is 14.4 Å². The average molecular weight is 437 g/mol. The van der Waals surface area contributed by atoms with Crippen molar-refractivity contribution >= 4 is 33.2 Å². The fourth-order valence-electron chi connectivity index (χ4n) is 2.91. The first kappa shape index (κ1) is 21.5. The van der Waals surface area contributed by atoms with E-state index in [1.54, 1.807) is 36.4 Å². The van der Waals surface area contributed by atoms with Gasteiger partial charge in [-0.05, 0) is 50.1 Å². The summed E-state index contributed by atoms with van der Waals surface area (Å²) < 4.78 is 33.8. The van der Waals surface area contributed by atoms with Crippen molar-refractivity contribution in [3.8, 4) is 5.75 Å². The number of carbonyl (C=O) groups excluding carboxylic acids is 1. The lowest BCUT2D eigenvalue weighted by atomic mass is 10.1. The summed E-state index contributed by atoms with van der Waals surface area (Å²) in [4.78, 5) is 12.9. The molecule has 1 heterocycles. The Kier molecular flexibility index (Phi) is 6.10. The summed E-state index contributed by atoms with van der Waals surface area (Å²) >= 11 is 6.11. The third-order valence-corrected chi connectivity index (χ3v) is 7.09. The van der Waals surface area contributed by atoms with Crippen molar-refractivity contribution in [1.82, 2.24) is 5.32 Å². The second-order valence-corrected chi connectivity index (χ2v) is 9.91. The molecule has 1 aliphatic rings. The number of fused-ring (bicyclic) bond motifs is 1. The number of amides is 1. The Morgan fingerprint density at radius 1 is 1.17 bits per heavy atom. The number of nitrogens with zero attached hydrogens (tertiary/aromatic N) is 1. The van der Waals surface area contributed by atoms with Crippen LogP contribution in [0, 0.1) is 12.8 Å². The SMILES string of the molecule is Cc1ccc(S(=O)(=O)N2C[C@@H](C(=O)N[C@H](C)C(C)C)Oc3ccc(Cl)cc32)cc1. The molecule has 1 aliphatic heterocycles. The monoisotopic (exact) mass is 436 g/mol. The Morgan fingerprint density at radius 2 is 1.83 bits per heavy atom. The van der Waals surface area contributed by atoms with Crippen LogP contribution in [0.2, 0.25) is 5.02 Å². The van der Waals surface area contributed by atoms with Crippen LogP contribution in [0.3, 0.4) is 0 Å². The molecule has 0 saturated carbocycles. The van der Waals surface area contributed by atoms with E-state index in [9.17, 15) is 13.2 Å². The van der Waals surface area contributed by atoms with E-state index in [1.165, 1.54) is 10.4 Å². The fraction of sp³-hybridized carbons (Fsp3) is 0.381. The van der Waals surface area contributed by atoms with Crippen LogP contribution in [-0.4, -0.2) is 33.0 Å². The quantitative estimate of drug-likeness (QED) is 0.774. The van der Waals surface area contributed by atoms with Crippen molar-refractivity contribution in [2.75, 3.05) is 10.8 Å². The molecule has 1 N–H and O–H groups in total. The topological polar surface area (TPSA) is 75.7 Å². The fourth-order valence-corrected chi connectivity index (χ4v) is 4.54. The van der Waals surface area contributed by atoms with Crippen molar-refractivity contribution in [1.29, 1.82) is 0 Å². The molecule has 0 aromatic heterocycles. The molecule has 6 nitrogen and oxygen atoms in total. The third-order valence-electron chi connectivity index (χ3n) is 5.06. The first-order valence-corrected chi connectivity index (χ1v) is 11.3. The van der Waals surface area contributed by atoms with E-state index in [1.807, 2.05) is 27.7 Å². The molecule has 8 heteroatoms. The van der Waals surface area contributed by atoms with Gasteiger partial charge in [0.1, 0.15) is 5.75 Å². The number of hydrogen-bond acceptors (Lipinski definition) is 4. The van der Waals surface area contributed by atoms with E-state index in [-0.39, 0.29) is 29.3 Å². The number of benzene rings is 2. The van der Waals surface area contributed by atoms with E-state index in [2.05, 4.69) is 5.32 Å². The Labute approximate surface area is 176 Å². The first-order chi connectivity index (χ1) is 13.6. The number of aryl methyl sites for hydroxylation is 1. The van der Waals surface area contributed by atoms with Gasteiger partial charge < -0.3 is 10.1 Å². The van der Waals surface area contributed by atoms with Crippen molar-refractivity contribution in [2.45, 2.75) is 44.7 Å².